The number of thioether (sulfide) groups is 1. The molecule has 3 aromatic rings. The first-order valence-corrected chi connectivity index (χ1v) is 10.8. The fourth-order valence-electron chi connectivity index (χ4n) is 2.88. The maximum atomic E-state index is 12.6. The molecular weight excluding hydrogens is 428 g/mol. The maximum Gasteiger partial charge on any atom is 0.251 e. The minimum absolute atomic E-state index is 0.150. The average molecular weight is 453 g/mol. The van der Waals surface area contributed by atoms with Gasteiger partial charge in [-0.1, -0.05) is 17.8 Å². The summed E-state index contributed by atoms with van der Waals surface area (Å²) < 4.78 is 6.95. The van der Waals surface area contributed by atoms with Crippen molar-refractivity contribution in [2.45, 2.75) is 24.7 Å². The van der Waals surface area contributed by atoms with Gasteiger partial charge in [0.15, 0.2) is 11.0 Å². The third-order valence-corrected chi connectivity index (χ3v) is 5.39. The van der Waals surface area contributed by atoms with Crippen molar-refractivity contribution in [1.82, 2.24) is 25.1 Å². The minimum atomic E-state index is -0.407. The van der Waals surface area contributed by atoms with Crippen LogP contribution in [0.25, 0.3) is 0 Å². The van der Waals surface area contributed by atoms with E-state index < -0.39 is 6.04 Å². The number of hydrogen-bond donors (Lipinski definition) is 2. The second kappa shape index (κ2) is 11.1. The van der Waals surface area contributed by atoms with Crippen LogP contribution in [0.5, 0.6) is 5.75 Å². The molecule has 10 heteroatoms. The normalized spacial score (nSPS) is 11.4. The number of anilines is 1. The number of pyridine rings is 1. The Bertz CT molecular complexity index is 1070. The molecule has 1 atom stereocenters. The zero-order chi connectivity index (χ0) is 22.9. The van der Waals surface area contributed by atoms with Crippen molar-refractivity contribution in [2.24, 2.45) is 0 Å². The molecule has 9 nitrogen and oxygen atoms in total. The van der Waals surface area contributed by atoms with Crippen LogP contribution < -0.4 is 15.4 Å². The molecule has 0 bridgehead atoms. The van der Waals surface area contributed by atoms with E-state index in [1.54, 1.807) is 62.0 Å². The topological polar surface area (TPSA) is 111 Å². The van der Waals surface area contributed by atoms with Crippen LogP contribution in [0.3, 0.4) is 0 Å². The molecule has 2 heterocycles. The Morgan fingerprint density at radius 3 is 2.69 bits per heavy atom. The summed E-state index contributed by atoms with van der Waals surface area (Å²) in [5, 5.41) is 14.7. The first-order chi connectivity index (χ1) is 15.5. The number of hydrogen-bond acceptors (Lipinski definition) is 7. The molecule has 3 rings (SSSR count). The van der Waals surface area contributed by atoms with E-state index in [9.17, 15) is 9.59 Å². The van der Waals surface area contributed by atoms with Crippen LogP contribution in [0, 0.1) is 0 Å². The number of nitrogens with zero attached hydrogens (tertiary/aromatic N) is 4. The van der Waals surface area contributed by atoms with Crippen molar-refractivity contribution in [3.8, 4) is 5.75 Å². The number of ether oxygens (including phenoxy) is 1. The second-order valence-electron chi connectivity index (χ2n) is 6.74. The largest absolute Gasteiger partial charge is 0.497 e. The lowest BCUT2D eigenvalue weighted by molar-refractivity contribution is -0.113. The van der Waals surface area contributed by atoms with E-state index in [1.165, 1.54) is 11.8 Å². The van der Waals surface area contributed by atoms with E-state index in [0.717, 1.165) is 0 Å². The number of aromatic nitrogens is 4. The van der Waals surface area contributed by atoms with Crippen molar-refractivity contribution >= 4 is 29.3 Å². The predicted molar refractivity (Wildman–Crippen MR) is 123 cm³/mol. The van der Waals surface area contributed by atoms with Gasteiger partial charge >= 0.3 is 0 Å². The monoisotopic (exact) mass is 452 g/mol. The fraction of sp³-hybridized carbons (Fsp3) is 0.227. The van der Waals surface area contributed by atoms with Gasteiger partial charge in [-0.3, -0.25) is 14.6 Å². The molecular formula is C22H24N6O3S. The number of methoxy groups -OCH3 is 1. The zero-order valence-corrected chi connectivity index (χ0v) is 18.6. The number of carbonyl (C=O) groups is 2. The predicted octanol–water partition coefficient (Wildman–Crippen LogP) is 3.09. The van der Waals surface area contributed by atoms with Gasteiger partial charge in [-0.15, -0.1) is 16.8 Å². The first-order valence-electron chi connectivity index (χ1n) is 9.83. The molecule has 0 saturated heterocycles. The Morgan fingerprint density at radius 1 is 1.25 bits per heavy atom. The van der Waals surface area contributed by atoms with Crippen LogP contribution in [0.2, 0.25) is 0 Å². The first kappa shape index (κ1) is 23.0. The van der Waals surface area contributed by atoms with Gasteiger partial charge in [-0.05, 0) is 43.3 Å². The van der Waals surface area contributed by atoms with Gasteiger partial charge in [0, 0.05) is 18.3 Å². The van der Waals surface area contributed by atoms with E-state index in [4.69, 9.17) is 4.74 Å². The summed E-state index contributed by atoms with van der Waals surface area (Å²) >= 11 is 1.25. The molecule has 2 N–H and O–H groups in total. The molecule has 0 saturated carbocycles. The van der Waals surface area contributed by atoms with Crippen molar-refractivity contribution < 1.29 is 14.3 Å². The Labute approximate surface area is 190 Å². The van der Waals surface area contributed by atoms with E-state index in [0.29, 0.717) is 34.5 Å². The molecule has 166 valence electrons. The van der Waals surface area contributed by atoms with Gasteiger partial charge in [0.05, 0.1) is 30.8 Å². The Balaban J connectivity index is 1.65. The van der Waals surface area contributed by atoms with Gasteiger partial charge in [0.2, 0.25) is 5.91 Å². The molecule has 2 aromatic heterocycles. The molecule has 32 heavy (non-hydrogen) atoms. The van der Waals surface area contributed by atoms with E-state index in [1.807, 2.05) is 11.5 Å². The Kier molecular flexibility index (Phi) is 7.98. The van der Waals surface area contributed by atoms with Crippen molar-refractivity contribution in [3.05, 3.63) is 72.8 Å². The molecule has 0 fully saturated rings. The summed E-state index contributed by atoms with van der Waals surface area (Å²) in [6.07, 6.45) is 4.93. The number of nitrogens with one attached hydrogen (secondary N) is 2. The lowest BCUT2D eigenvalue weighted by Crippen LogP contribution is -2.28. The lowest BCUT2D eigenvalue weighted by atomic mass is 10.2. The van der Waals surface area contributed by atoms with Crippen molar-refractivity contribution in [2.75, 3.05) is 18.2 Å². The average Bonchev–Trinajstić information content (AvgIpc) is 3.21. The van der Waals surface area contributed by atoms with Gasteiger partial charge in [-0.2, -0.15) is 0 Å². The van der Waals surface area contributed by atoms with Gasteiger partial charge in [0.1, 0.15) is 5.75 Å². The zero-order valence-electron chi connectivity index (χ0n) is 17.8. The van der Waals surface area contributed by atoms with Crippen LogP contribution in [0.15, 0.2) is 66.6 Å². The Hall–Kier alpha value is -3.66. The maximum absolute atomic E-state index is 12.6. The van der Waals surface area contributed by atoms with Gasteiger partial charge in [-0.25, -0.2) is 0 Å². The quantitative estimate of drug-likeness (QED) is 0.359. The lowest BCUT2D eigenvalue weighted by Gasteiger charge is -2.15. The SMILES string of the molecule is C=CCn1c(SCC(=O)Nc2cccnc2)nnc1[C@@H](C)NC(=O)c1ccc(OC)cc1. The third-order valence-electron chi connectivity index (χ3n) is 4.42. The highest BCUT2D eigenvalue weighted by Crippen LogP contribution is 2.21. The van der Waals surface area contributed by atoms with E-state index in [2.05, 4.69) is 32.4 Å². The number of allylic oxidation sites excluding steroid dienone is 1. The van der Waals surface area contributed by atoms with Crippen LogP contribution in [0.1, 0.15) is 29.1 Å². The van der Waals surface area contributed by atoms with Crippen LogP contribution in [0.4, 0.5) is 5.69 Å². The second-order valence-corrected chi connectivity index (χ2v) is 7.68. The van der Waals surface area contributed by atoms with Gasteiger partial charge in [0.25, 0.3) is 5.91 Å². The minimum Gasteiger partial charge on any atom is -0.497 e. The van der Waals surface area contributed by atoms with Crippen LogP contribution in [-0.4, -0.2) is 44.4 Å². The summed E-state index contributed by atoms with van der Waals surface area (Å²) in [5.41, 5.74) is 1.13. The van der Waals surface area contributed by atoms with E-state index >= 15 is 0 Å². The van der Waals surface area contributed by atoms with Gasteiger partial charge < -0.3 is 19.9 Å². The molecule has 0 aliphatic rings. The molecule has 2 amide bonds. The molecule has 0 radical (unpaired) electrons. The Morgan fingerprint density at radius 2 is 2.03 bits per heavy atom. The fourth-order valence-corrected chi connectivity index (χ4v) is 3.63. The summed E-state index contributed by atoms with van der Waals surface area (Å²) in [6, 6.07) is 9.94. The molecule has 0 unspecified atom stereocenters. The molecule has 0 aliphatic heterocycles. The third kappa shape index (κ3) is 5.94. The number of carbonyl (C=O) groups excluding carboxylic acids is 2. The highest BCUT2D eigenvalue weighted by atomic mass is 32.2. The summed E-state index contributed by atoms with van der Waals surface area (Å²) in [7, 11) is 1.57. The standard InChI is InChI=1S/C22H24N6O3S/c1-4-12-28-20(15(2)24-21(30)16-7-9-18(31-3)10-8-16)26-27-22(28)32-14-19(29)25-17-6-5-11-23-13-17/h4-11,13,15H,1,12,14H2,2-3H3,(H,24,30)(H,25,29)/t15-/m1/s1. The van der Waals surface area contributed by atoms with Crippen LogP contribution in [-0.2, 0) is 11.3 Å². The van der Waals surface area contributed by atoms with Crippen molar-refractivity contribution in [3.63, 3.8) is 0 Å². The molecule has 0 aliphatic carbocycles. The summed E-state index contributed by atoms with van der Waals surface area (Å²) in [4.78, 5) is 28.8. The molecule has 0 spiro atoms. The van der Waals surface area contributed by atoms with Crippen LogP contribution >= 0.6 is 11.8 Å². The van der Waals surface area contributed by atoms with Crippen molar-refractivity contribution in [1.29, 1.82) is 0 Å². The number of benzene rings is 1. The highest BCUT2D eigenvalue weighted by Gasteiger charge is 2.20. The molecule has 1 aromatic carbocycles. The smallest absolute Gasteiger partial charge is 0.251 e. The summed E-state index contributed by atoms with van der Waals surface area (Å²) in [6.45, 7) is 6.05. The highest BCUT2D eigenvalue weighted by molar-refractivity contribution is 7.99. The number of amides is 2. The summed E-state index contributed by atoms with van der Waals surface area (Å²) in [5.74, 6) is 0.977. The van der Waals surface area contributed by atoms with E-state index in [-0.39, 0.29) is 17.6 Å². The number of rotatable bonds is 10.